The number of hydrogen-bond donors (Lipinski definition) is 0. The zero-order chi connectivity index (χ0) is 23.2. The van der Waals surface area contributed by atoms with Gasteiger partial charge in [-0.25, -0.2) is 0 Å². The van der Waals surface area contributed by atoms with Crippen LogP contribution in [0.25, 0.3) is 28.2 Å². The van der Waals surface area contributed by atoms with Crippen LogP contribution in [0.3, 0.4) is 0 Å². The van der Waals surface area contributed by atoms with Gasteiger partial charge in [-0.1, -0.05) is 98.0 Å². The smallest absolute Gasteiger partial charge is 0.145 e. The van der Waals surface area contributed by atoms with Crippen molar-refractivity contribution in [3.05, 3.63) is 95.6 Å². The number of nitrogens with zero attached hydrogens (tertiary/aromatic N) is 1. The molecule has 0 saturated heterocycles. The average Bonchev–Trinajstić information content (AvgIpc) is 3.23. The maximum atomic E-state index is 5.90. The summed E-state index contributed by atoms with van der Waals surface area (Å²) in [5, 5.41) is 0. The lowest BCUT2D eigenvalue weighted by Gasteiger charge is -2.16. The fourth-order valence-corrected chi connectivity index (χ4v) is 4.40. The molecule has 4 aromatic rings. The van der Waals surface area contributed by atoms with E-state index in [2.05, 4.69) is 104 Å². The molecule has 0 fully saturated rings. The maximum absolute atomic E-state index is 5.90. The zero-order valence-corrected chi connectivity index (χ0v) is 20.4. The minimum absolute atomic E-state index is 0.887. The Morgan fingerprint density at radius 3 is 1.88 bits per heavy atom. The Morgan fingerprint density at radius 1 is 0.697 bits per heavy atom. The van der Waals surface area contributed by atoms with Crippen LogP contribution >= 0.6 is 0 Å². The molecule has 0 saturated carbocycles. The highest BCUT2D eigenvalue weighted by Gasteiger charge is 2.20. The molecule has 2 nitrogen and oxygen atoms in total. The third-order valence-corrected chi connectivity index (χ3v) is 6.37. The van der Waals surface area contributed by atoms with E-state index in [1.807, 2.05) is 0 Å². The molecule has 1 heterocycles. The van der Waals surface area contributed by atoms with Crippen LogP contribution in [0.5, 0.6) is 5.75 Å². The van der Waals surface area contributed by atoms with Crippen molar-refractivity contribution in [2.75, 3.05) is 7.11 Å². The van der Waals surface area contributed by atoms with E-state index in [1.165, 1.54) is 47.9 Å². The van der Waals surface area contributed by atoms with E-state index in [4.69, 9.17) is 4.74 Å². The molecular weight excluding hydrogens is 402 g/mol. The van der Waals surface area contributed by atoms with Gasteiger partial charge >= 0.3 is 0 Å². The molecule has 3 aromatic carbocycles. The summed E-state index contributed by atoms with van der Waals surface area (Å²) in [6.07, 6.45) is 6.31. The van der Waals surface area contributed by atoms with Gasteiger partial charge in [-0.3, -0.25) is 0 Å². The Labute approximate surface area is 198 Å². The monoisotopic (exact) mass is 437 g/mol. The molecule has 0 aliphatic rings. The molecule has 170 valence electrons. The van der Waals surface area contributed by atoms with Crippen LogP contribution in [0.15, 0.2) is 78.9 Å². The number of aryl methyl sites for hydroxylation is 3. The van der Waals surface area contributed by atoms with E-state index in [1.54, 1.807) is 7.11 Å². The first-order chi connectivity index (χ1) is 16.1. The standard InChI is InChI=1S/C31H35NO/c1-5-6-7-8-9-25-14-20-28(21-15-25)32-29(26-16-10-23(2)11-17-26)22-30(33-4)31(32)27-18-12-24(3)13-19-27/h10-22H,5-9H2,1-4H3. The van der Waals surface area contributed by atoms with Gasteiger partial charge in [-0.15, -0.1) is 0 Å². The molecule has 1 aromatic heterocycles. The van der Waals surface area contributed by atoms with Crippen LogP contribution in [0.2, 0.25) is 0 Å². The number of aromatic nitrogens is 1. The van der Waals surface area contributed by atoms with Gasteiger partial charge in [0.05, 0.1) is 18.5 Å². The Morgan fingerprint density at radius 2 is 1.30 bits per heavy atom. The van der Waals surface area contributed by atoms with E-state index in [0.29, 0.717) is 0 Å². The normalized spacial score (nSPS) is 11.0. The van der Waals surface area contributed by atoms with Gasteiger partial charge in [-0.2, -0.15) is 0 Å². The fraction of sp³-hybridized carbons (Fsp3) is 0.290. The zero-order valence-electron chi connectivity index (χ0n) is 20.4. The summed E-state index contributed by atoms with van der Waals surface area (Å²) in [7, 11) is 1.76. The summed E-state index contributed by atoms with van der Waals surface area (Å²) in [4.78, 5) is 0. The summed E-state index contributed by atoms with van der Waals surface area (Å²) in [5.41, 5.74) is 9.63. The minimum atomic E-state index is 0.887. The van der Waals surface area contributed by atoms with Crippen molar-refractivity contribution in [3.8, 4) is 34.0 Å². The maximum Gasteiger partial charge on any atom is 0.145 e. The lowest BCUT2D eigenvalue weighted by molar-refractivity contribution is 0.416. The average molecular weight is 438 g/mol. The largest absolute Gasteiger partial charge is 0.494 e. The van der Waals surface area contributed by atoms with Crippen LogP contribution in [0.4, 0.5) is 0 Å². The van der Waals surface area contributed by atoms with Crippen molar-refractivity contribution in [3.63, 3.8) is 0 Å². The van der Waals surface area contributed by atoms with E-state index < -0.39 is 0 Å². The Kier molecular flexibility index (Phi) is 7.34. The van der Waals surface area contributed by atoms with Gasteiger partial charge in [0.1, 0.15) is 5.75 Å². The second-order valence-corrected chi connectivity index (χ2v) is 8.99. The number of rotatable bonds is 9. The van der Waals surface area contributed by atoms with Gasteiger partial charge in [0.15, 0.2) is 0 Å². The van der Waals surface area contributed by atoms with Gasteiger partial charge in [-0.05, 0) is 49.9 Å². The van der Waals surface area contributed by atoms with Crippen molar-refractivity contribution in [2.45, 2.75) is 52.9 Å². The summed E-state index contributed by atoms with van der Waals surface area (Å²) in [6, 6.07) is 28.7. The van der Waals surface area contributed by atoms with Crippen molar-refractivity contribution in [1.29, 1.82) is 0 Å². The fourth-order valence-electron chi connectivity index (χ4n) is 4.40. The lowest BCUT2D eigenvalue weighted by atomic mass is 10.1. The summed E-state index contributed by atoms with van der Waals surface area (Å²) in [5.74, 6) is 0.887. The van der Waals surface area contributed by atoms with E-state index in [-0.39, 0.29) is 0 Å². The second-order valence-electron chi connectivity index (χ2n) is 8.99. The summed E-state index contributed by atoms with van der Waals surface area (Å²) < 4.78 is 8.24. The van der Waals surface area contributed by atoms with Crippen LogP contribution in [-0.4, -0.2) is 11.7 Å². The van der Waals surface area contributed by atoms with E-state index >= 15 is 0 Å². The van der Waals surface area contributed by atoms with Crippen molar-refractivity contribution >= 4 is 0 Å². The predicted octanol–water partition coefficient (Wildman–Crippen LogP) is 8.56. The lowest BCUT2D eigenvalue weighted by Crippen LogP contribution is -2.01. The van der Waals surface area contributed by atoms with E-state index in [0.717, 1.165) is 34.8 Å². The summed E-state index contributed by atoms with van der Waals surface area (Å²) in [6.45, 7) is 6.51. The number of benzene rings is 3. The predicted molar refractivity (Wildman–Crippen MR) is 141 cm³/mol. The second kappa shape index (κ2) is 10.6. The van der Waals surface area contributed by atoms with Crippen molar-refractivity contribution in [1.82, 2.24) is 4.57 Å². The first kappa shape index (κ1) is 22.9. The molecule has 0 unspecified atom stereocenters. The number of unbranched alkanes of at least 4 members (excludes halogenated alkanes) is 3. The molecule has 0 spiro atoms. The van der Waals surface area contributed by atoms with Crippen LogP contribution in [-0.2, 0) is 6.42 Å². The molecule has 4 rings (SSSR count). The number of hydrogen-bond acceptors (Lipinski definition) is 1. The number of ether oxygens (including phenoxy) is 1. The summed E-state index contributed by atoms with van der Waals surface area (Å²) >= 11 is 0. The van der Waals surface area contributed by atoms with E-state index in [9.17, 15) is 0 Å². The van der Waals surface area contributed by atoms with Gasteiger partial charge in [0.2, 0.25) is 0 Å². The molecule has 0 aliphatic carbocycles. The Balaban J connectivity index is 1.81. The minimum Gasteiger partial charge on any atom is -0.494 e. The quantitative estimate of drug-likeness (QED) is 0.239. The first-order valence-electron chi connectivity index (χ1n) is 12.1. The van der Waals surface area contributed by atoms with Gasteiger partial charge in [0, 0.05) is 17.3 Å². The first-order valence-corrected chi connectivity index (χ1v) is 12.1. The molecule has 0 bridgehead atoms. The number of methoxy groups -OCH3 is 1. The van der Waals surface area contributed by atoms with Crippen LogP contribution in [0.1, 0.15) is 49.3 Å². The highest BCUT2D eigenvalue weighted by Crippen LogP contribution is 2.40. The van der Waals surface area contributed by atoms with Crippen LogP contribution < -0.4 is 4.74 Å². The molecule has 2 heteroatoms. The third kappa shape index (κ3) is 5.22. The van der Waals surface area contributed by atoms with Crippen LogP contribution in [0, 0.1) is 13.8 Å². The van der Waals surface area contributed by atoms with Gasteiger partial charge < -0.3 is 9.30 Å². The Bertz CT molecular complexity index is 1170. The van der Waals surface area contributed by atoms with Crippen molar-refractivity contribution in [2.24, 2.45) is 0 Å². The molecule has 0 amide bonds. The highest BCUT2D eigenvalue weighted by molar-refractivity contribution is 5.79. The molecule has 33 heavy (non-hydrogen) atoms. The molecule has 0 N–H and O–H groups in total. The third-order valence-electron chi connectivity index (χ3n) is 6.37. The highest BCUT2D eigenvalue weighted by atomic mass is 16.5. The SMILES string of the molecule is CCCCCCc1ccc(-n2c(-c3ccc(C)cc3)cc(OC)c2-c2ccc(C)cc2)cc1. The molecular formula is C31H35NO. The molecule has 0 radical (unpaired) electrons. The van der Waals surface area contributed by atoms with Gasteiger partial charge in [0.25, 0.3) is 0 Å². The van der Waals surface area contributed by atoms with Crippen molar-refractivity contribution < 1.29 is 4.74 Å². The molecule has 0 atom stereocenters. The molecule has 0 aliphatic heterocycles. The Hall–Kier alpha value is -3.26. The topological polar surface area (TPSA) is 14.2 Å².